The summed E-state index contributed by atoms with van der Waals surface area (Å²) in [6.07, 6.45) is 3.75. The van der Waals surface area contributed by atoms with Gasteiger partial charge in [-0.1, -0.05) is 27.2 Å². The van der Waals surface area contributed by atoms with Gasteiger partial charge in [0.25, 0.3) is 0 Å². The minimum absolute atomic E-state index is 0.365. The molecule has 0 saturated heterocycles. The fourth-order valence-corrected chi connectivity index (χ4v) is 3.18. The van der Waals surface area contributed by atoms with Crippen LogP contribution in [0.3, 0.4) is 0 Å². The summed E-state index contributed by atoms with van der Waals surface area (Å²) in [5.41, 5.74) is 1.70. The largest absolute Gasteiger partial charge is 0.377 e. The van der Waals surface area contributed by atoms with E-state index >= 15 is 0 Å². The van der Waals surface area contributed by atoms with Crippen LogP contribution in [0.15, 0.2) is 11.4 Å². The van der Waals surface area contributed by atoms with E-state index in [-0.39, 0.29) is 0 Å². The van der Waals surface area contributed by atoms with Gasteiger partial charge in [-0.25, -0.2) is 0 Å². The van der Waals surface area contributed by atoms with Crippen molar-refractivity contribution in [2.24, 2.45) is 0 Å². The van der Waals surface area contributed by atoms with E-state index in [4.69, 9.17) is 4.74 Å². The van der Waals surface area contributed by atoms with E-state index in [1.54, 1.807) is 0 Å². The zero-order chi connectivity index (χ0) is 12.0. The first kappa shape index (κ1) is 13.7. The monoisotopic (exact) mass is 240 g/mol. The summed E-state index contributed by atoms with van der Waals surface area (Å²) < 4.78 is 5.45. The van der Waals surface area contributed by atoms with Gasteiger partial charge in [0.05, 0.1) is 6.61 Å². The molecule has 0 aliphatic carbocycles. The lowest BCUT2D eigenvalue weighted by molar-refractivity contribution is 0.134. The van der Waals surface area contributed by atoms with Gasteiger partial charge in [-0.05, 0) is 36.8 Å². The molecule has 1 aromatic rings. The average Bonchev–Trinajstić information content (AvgIpc) is 2.75. The van der Waals surface area contributed by atoms with Crippen molar-refractivity contribution in [2.75, 3.05) is 6.61 Å². The van der Waals surface area contributed by atoms with Crippen LogP contribution in [-0.4, -0.2) is 6.61 Å². The smallest absolute Gasteiger partial charge is 0.0724 e. The lowest BCUT2D eigenvalue weighted by Gasteiger charge is -2.26. The normalized spacial score (nSPS) is 15.0. The van der Waals surface area contributed by atoms with Crippen LogP contribution < -0.4 is 0 Å². The molecule has 2 heteroatoms. The lowest BCUT2D eigenvalue weighted by atomic mass is 9.81. The molecule has 0 radical (unpaired) electrons. The Morgan fingerprint density at radius 3 is 2.62 bits per heavy atom. The van der Waals surface area contributed by atoms with E-state index < -0.39 is 0 Å². The van der Waals surface area contributed by atoms with Gasteiger partial charge < -0.3 is 4.74 Å². The molecular weight excluding hydrogens is 216 g/mol. The fraction of sp³-hybridized carbons (Fsp3) is 0.714. The van der Waals surface area contributed by atoms with E-state index in [1.807, 2.05) is 18.3 Å². The highest BCUT2D eigenvalue weighted by atomic mass is 32.1. The highest BCUT2D eigenvalue weighted by Crippen LogP contribution is 2.36. The standard InChI is InChI=1S/C14H24OS/c1-5-8-14(4,6-2)13-9-12(11-16-13)10-15-7-3/h9,11H,5-8,10H2,1-4H3. The predicted octanol–water partition coefficient (Wildman–Crippen LogP) is 4.75. The first-order chi connectivity index (χ1) is 7.66. The van der Waals surface area contributed by atoms with Crippen molar-refractivity contribution < 1.29 is 4.74 Å². The maximum atomic E-state index is 5.45. The predicted molar refractivity (Wildman–Crippen MR) is 72.2 cm³/mol. The van der Waals surface area contributed by atoms with Gasteiger partial charge in [0.15, 0.2) is 0 Å². The second-order valence-electron chi connectivity index (χ2n) is 4.62. The van der Waals surface area contributed by atoms with Crippen molar-refractivity contribution in [1.82, 2.24) is 0 Å². The SMILES string of the molecule is CCCC(C)(CC)c1cc(COCC)cs1. The number of hydrogen-bond donors (Lipinski definition) is 0. The maximum absolute atomic E-state index is 5.45. The molecular formula is C14H24OS. The summed E-state index contributed by atoms with van der Waals surface area (Å²) >= 11 is 1.89. The summed E-state index contributed by atoms with van der Waals surface area (Å²) in [6, 6.07) is 2.33. The van der Waals surface area contributed by atoms with Gasteiger partial charge in [-0.3, -0.25) is 0 Å². The third kappa shape index (κ3) is 3.33. The molecule has 0 bridgehead atoms. The Morgan fingerprint density at radius 1 is 1.31 bits per heavy atom. The van der Waals surface area contributed by atoms with E-state index in [0.29, 0.717) is 5.41 Å². The Bertz CT molecular complexity index is 305. The summed E-state index contributed by atoms with van der Waals surface area (Å²) in [6.45, 7) is 10.5. The molecule has 0 aliphatic rings. The number of rotatable bonds is 7. The molecule has 1 rings (SSSR count). The summed E-state index contributed by atoms with van der Waals surface area (Å²) in [5, 5.41) is 2.24. The van der Waals surface area contributed by atoms with Gasteiger partial charge in [0.1, 0.15) is 0 Å². The Hall–Kier alpha value is -0.340. The zero-order valence-electron chi connectivity index (χ0n) is 11.0. The Labute approximate surface area is 104 Å². The molecule has 1 unspecified atom stereocenters. The van der Waals surface area contributed by atoms with E-state index in [0.717, 1.165) is 13.2 Å². The molecule has 1 heterocycles. The van der Waals surface area contributed by atoms with Gasteiger partial charge >= 0.3 is 0 Å². The highest BCUT2D eigenvalue weighted by Gasteiger charge is 2.25. The van der Waals surface area contributed by atoms with Gasteiger partial charge in [0.2, 0.25) is 0 Å². The topological polar surface area (TPSA) is 9.23 Å². The fourth-order valence-electron chi connectivity index (χ4n) is 2.01. The molecule has 1 aromatic heterocycles. The van der Waals surface area contributed by atoms with Gasteiger partial charge in [-0.2, -0.15) is 0 Å². The van der Waals surface area contributed by atoms with Crippen LogP contribution >= 0.6 is 11.3 Å². The molecule has 0 aliphatic heterocycles. The molecule has 0 amide bonds. The molecule has 92 valence electrons. The minimum atomic E-state index is 0.365. The molecule has 1 atom stereocenters. The van der Waals surface area contributed by atoms with Crippen LogP contribution in [-0.2, 0) is 16.8 Å². The number of ether oxygens (including phenoxy) is 1. The van der Waals surface area contributed by atoms with Crippen LogP contribution in [0.25, 0.3) is 0 Å². The third-order valence-electron chi connectivity index (χ3n) is 3.30. The average molecular weight is 240 g/mol. The Balaban J connectivity index is 2.74. The number of thiophene rings is 1. The van der Waals surface area contributed by atoms with Crippen LogP contribution in [0.2, 0.25) is 0 Å². The molecule has 0 spiro atoms. The van der Waals surface area contributed by atoms with E-state index in [1.165, 1.54) is 29.7 Å². The molecule has 0 saturated carbocycles. The minimum Gasteiger partial charge on any atom is -0.377 e. The van der Waals surface area contributed by atoms with Crippen molar-refractivity contribution in [3.05, 3.63) is 21.9 Å². The van der Waals surface area contributed by atoms with Crippen molar-refractivity contribution in [1.29, 1.82) is 0 Å². The van der Waals surface area contributed by atoms with Crippen molar-refractivity contribution in [2.45, 2.75) is 59.0 Å². The van der Waals surface area contributed by atoms with E-state index in [2.05, 4.69) is 32.2 Å². The van der Waals surface area contributed by atoms with Crippen LogP contribution in [0.1, 0.15) is 57.4 Å². The number of hydrogen-bond acceptors (Lipinski definition) is 2. The van der Waals surface area contributed by atoms with Gasteiger partial charge in [-0.15, -0.1) is 11.3 Å². The zero-order valence-corrected chi connectivity index (χ0v) is 11.8. The van der Waals surface area contributed by atoms with Crippen LogP contribution in [0.5, 0.6) is 0 Å². The van der Waals surface area contributed by atoms with Crippen molar-refractivity contribution >= 4 is 11.3 Å². The molecule has 0 fully saturated rings. The van der Waals surface area contributed by atoms with Gasteiger partial charge in [0, 0.05) is 16.9 Å². The Morgan fingerprint density at radius 2 is 2.06 bits per heavy atom. The second kappa shape index (κ2) is 6.41. The highest BCUT2D eigenvalue weighted by molar-refractivity contribution is 7.10. The van der Waals surface area contributed by atoms with Crippen LogP contribution in [0, 0.1) is 0 Å². The molecule has 1 nitrogen and oxygen atoms in total. The maximum Gasteiger partial charge on any atom is 0.0724 e. The quantitative estimate of drug-likeness (QED) is 0.668. The summed E-state index contributed by atoms with van der Waals surface area (Å²) in [5.74, 6) is 0. The second-order valence-corrected chi connectivity index (χ2v) is 5.53. The third-order valence-corrected chi connectivity index (χ3v) is 4.59. The molecule has 0 N–H and O–H groups in total. The van der Waals surface area contributed by atoms with Crippen molar-refractivity contribution in [3.8, 4) is 0 Å². The molecule has 0 aromatic carbocycles. The summed E-state index contributed by atoms with van der Waals surface area (Å²) in [4.78, 5) is 1.52. The van der Waals surface area contributed by atoms with Crippen molar-refractivity contribution in [3.63, 3.8) is 0 Å². The lowest BCUT2D eigenvalue weighted by Crippen LogP contribution is -2.18. The molecule has 16 heavy (non-hydrogen) atoms. The first-order valence-electron chi connectivity index (χ1n) is 6.32. The van der Waals surface area contributed by atoms with Crippen LogP contribution in [0.4, 0.5) is 0 Å². The summed E-state index contributed by atoms with van der Waals surface area (Å²) in [7, 11) is 0. The first-order valence-corrected chi connectivity index (χ1v) is 7.19. The Kier molecular flexibility index (Phi) is 5.50. The van der Waals surface area contributed by atoms with E-state index in [9.17, 15) is 0 Å².